The van der Waals surface area contributed by atoms with Crippen LogP contribution in [-0.4, -0.2) is 30.7 Å². The van der Waals surface area contributed by atoms with Crippen LogP contribution in [-0.2, 0) is 21.0 Å². The van der Waals surface area contributed by atoms with Gasteiger partial charge in [-0.25, -0.2) is 5.06 Å². The third-order valence-corrected chi connectivity index (χ3v) is 3.50. The van der Waals surface area contributed by atoms with E-state index in [9.17, 15) is 4.79 Å². The van der Waals surface area contributed by atoms with Gasteiger partial charge in [0, 0.05) is 0 Å². The molecular formula is C15H22N2O3. The molecule has 20 heavy (non-hydrogen) atoms. The monoisotopic (exact) mass is 278 g/mol. The molecule has 0 unspecified atom stereocenters. The Morgan fingerprint density at radius 2 is 2.15 bits per heavy atom. The maximum Gasteiger partial charge on any atom is 0.251 e. The van der Waals surface area contributed by atoms with Crippen LogP contribution in [0.5, 0.6) is 0 Å². The van der Waals surface area contributed by atoms with Crippen LogP contribution in [0, 0.1) is 5.92 Å². The maximum atomic E-state index is 12.5. The Hall–Kier alpha value is -1.43. The Bertz CT molecular complexity index is 424. The molecule has 1 saturated heterocycles. The van der Waals surface area contributed by atoms with E-state index in [1.54, 1.807) is 7.11 Å². The molecule has 1 N–H and O–H groups in total. The number of hydrogen-bond acceptors (Lipinski definition) is 4. The first kappa shape index (κ1) is 15.0. The zero-order valence-electron chi connectivity index (χ0n) is 12.0. The van der Waals surface area contributed by atoms with E-state index in [0.717, 1.165) is 18.4 Å². The molecule has 110 valence electrons. The molecule has 5 nitrogen and oxygen atoms in total. The highest BCUT2D eigenvalue weighted by atomic mass is 16.7. The van der Waals surface area contributed by atoms with Gasteiger partial charge in [-0.1, -0.05) is 43.7 Å². The second-order valence-corrected chi connectivity index (χ2v) is 4.98. The van der Waals surface area contributed by atoms with Crippen LogP contribution in [0.25, 0.3) is 0 Å². The number of benzene rings is 1. The lowest BCUT2D eigenvalue weighted by Crippen LogP contribution is -2.54. The average molecular weight is 278 g/mol. The molecule has 0 aromatic heterocycles. The van der Waals surface area contributed by atoms with Gasteiger partial charge in [0.05, 0.1) is 32.2 Å². The summed E-state index contributed by atoms with van der Waals surface area (Å²) in [4.78, 5) is 23.0. The largest absolute Gasteiger partial charge is 0.305 e. The fourth-order valence-corrected chi connectivity index (χ4v) is 2.48. The molecule has 0 spiro atoms. The number of hydrogen-bond donors (Lipinski definition) is 1. The molecule has 1 aromatic carbocycles. The Kier molecular flexibility index (Phi) is 5.52. The molecule has 1 fully saturated rings. The van der Waals surface area contributed by atoms with E-state index < -0.39 is 0 Å². The Labute approximate surface area is 119 Å². The van der Waals surface area contributed by atoms with E-state index in [2.05, 4.69) is 12.4 Å². The van der Waals surface area contributed by atoms with E-state index in [1.807, 2.05) is 30.3 Å². The molecule has 1 amide bonds. The zero-order chi connectivity index (χ0) is 14.4. The van der Waals surface area contributed by atoms with Crippen LogP contribution in [0.15, 0.2) is 30.3 Å². The summed E-state index contributed by atoms with van der Waals surface area (Å²) in [6, 6.07) is 9.78. The summed E-state index contributed by atoms with van der Waals surface area (Å²) in [5, 5.41) is 1.48. The topological polar surface area (TPSA) is 50.8 Å². The van der Waals surface area contributed by atoms with Gasteiger partial charge in [0.2, 0.25) is 0 Å². The third-order valence-electron chi connectivity index (χ3n) is 3.50. The van der Waals surface area contributed by atoms with Gasteiger partial charge in [-0.15, -0.1) is 0 Å². The van der Waals surface area contributed by atoms with Crippen molar-refractivity contribution in [3.63, 3.8) is 0 Å². The molecule has 0 radical (unpaired) electrons. The summed E-state index contributed by atoms with van der Waals surface area (Å²) in [6.45, 7) is 3.00. The third kappa shape index (κ3) is 3.56. The van der Waals surface area contributed by atoms with Crippen molar-refractivity contribution in [1.29, 1.82) is 0 Å². The standard InChI is InChI=1S/C15H22N2O3/c1-3-7-13-14(16-19-2)11-20-17(15(13)18)10-12-8-5-4-6-9-12/h4-6,8-9,13-14,16H,3,7,10-11H2,1-2H3/t13-,14+/m0/s1. The van der Waals surface area contributed by atoms with Gasteiger partial charge >= 0.3 is 0 Å². The van der Waals surface area contributed by atoms with Gasteiger partial charge in [-0.2, -0.15) is 5.48 Å². The summed E-state index contributed by atoms with van der Waals surface area (Å²) >= 11 is 0. The van der Waals surface area contributed by atoms with Crippen molar-refractivity contribution >= 4 is 5.91 Å². The lowest BCUT2D eigenvalue weighted by molar-refractivity contribution is -0.222. The van der Waals surface area contributed by atoms with Crippen LogP contribution in [0.4, 0.5) is 0 Å². The molecule has 0 bridgehead atoms. The molecule has 2 atom stereocenters. The summed E-state index contributed by atoms with van der Waals surface area (Å²) in [7, 11) is 1.56. The highest BCUT2D eigenvalue weighted by molar-refractivity contribution is 5.79. The fraction of sp³-hybridized carbons (Fsp3) is 0.533. The van der Waals surface area contributed by atoms with E-state index in [0.29, 0.717) is 13.2 Å². The number of carbonyl (C=O) groups excluding carboxylic acids is 1. The van der Waals surface area contributed by atoms with E-state index in [-0.39, 0.29) is 17.9 Å². The van der Waals surface area contributed by atoms with Gasteiger partial charge in [-0.05, 0) is 12.0 Å². The van der Waals surface area contributed by atoms with E-state index >= 15 is 0 Å². The van der Waals surface area contributed by atoms with Crippen LogP contribution in [0.2, 0.25) is 0 Å². The predicted molar refractivity (Wildman–Crippen MR) is 75.3 cm³/mol. The normalized spacial score (nSPS) is 23.1. The summed E-state index contributed by atoms with van der Waals surface area (Å²) in [5.41, 5.74) is 3.93. The van der Waals surface area contributed by atoms with Gasteiger partial charge in [-0.3, -0.25) is 9.63 Å². The average Bonchev–Trinajstić information content (AvgIpc) is 2.47. The second-order valence-electron chi connectivity index (χ2n) is 4.98. The first-order valence-electron chi connectivity index (χ1n) is 7.03. The van der Waals surface area contributed by atoms with Crippen molar-refractivity contribution in [3.8, 4) is 0 Å². The molecule has 1 aromatic rings. The highest BCUT2D eigenvalue weighted by Gasteiger charge is 2.37. The van der Waals surface area contributed by atoms with E-state index in [1.165, 1.54) is 5.06 Å². The number of rotatable bonds is 6. The van der Waals surface area contributed by atoms with Crippen LogP contribution in [0.1, 0.15) is 25.3 Å². The molecule has 1 aliphatic heterocycles. The van der Waals surface area contributed by atoms with Crippen molar-refractivity contribution in [2.75, 3.05) is 13.7 Å². The minimum atomic E-state index is -0.0996. The number of nitrogens with one attached hydrogen (secondary N) is 1. The van der Waals surface area contributed by atoms with Gasteiger partial charge in [0.25, 0.3) is 5.91 Å². The molecule has 0 saturated carbocycles. The lowest BCUT2D eigenvalue weighted by Gasteiger charge is -2.36. The number of nitrogens with zero attached hydrogens (tertiary/aromatic N) is 1. The minimum Gasteiger partial charge on any atom is -0.305 e. The van der Waals surface area contributed by atoms with Crippen molar-refractivity contribution in [2.24, 2.45) is 5.92 Å². The fourth-order valence-electron chi connectivity index (χ4n) is 2.48. The van der Waals surface area contributed by atoms with Gasteiger partial charge < -0.3 is 4.84 Å². The molecular weight excluding hydrogens is 256 g/mol. The predicted octanol–water partition coefficient (Wildman–Crippen LogP) is 1.90. The molecule has 2 rings (SSSR count). The Morgan fingerprint density at radius 1 is 1.40 bits per heavy atom. The quantitative estimate of drug-likeness (QED) is 0.807. The summed E-state index contributed by atoms with van der Waals surface area (Å²) < 4.78 is 0. The highest BCUT2D eigenvalue weighted by Crippen LogP contribution is 2.22. The SMILES string of the molecule is CCC[C@@H]1C(=O)N(Cc2ccccc2)OC[C@H]1NOC. The summed E-state index contributed by atoms with van der Waals surface area (Å²) in [6.07, 6.45) is 1.78. The molecule has 1 heterocycles. The minimum absolute atomic E-state index is 0.0245. The van der Waals surface area contributed by atoms with Crippen LogP contribution >= 0.6 is 0 Å². The van der Waals surface area contributed by atoms with Crippen molar-refractivity contribution in [3.05, 3.63) is 35.9 Å². The van der Waals surface area contributed by atoms with Crippen molar-refractivity contribution < 1.29 is 14.5 Å². The molecule has 0 aliphatic carbocycles. The van der Waals surface area contributed by atoms with Crippen LogP contribution in [0.3, 0.4) is 0 Å². The molecule has 5 heteroatoms. The number of carbonyl (C=O) groups is 1. The summed E-state index contributed by atoms with van der Waals surface area (Å²) in [5.74, 6) is -0.0751. The Morgan fingerprint density at radius 3 is 2.80 bits per heavy atom. The number of hydroxylamine groups is 3. The smallest absolute Gasteiger partial charge is 0.251 e. The lowest BCUT2D eigenvalue weighted by atomic mass is 9.93. The van der Waals surface area contributed by atoms with Crippen molar-refractivity contribution in [2.45, 2.75) is 32.4 Å². The van der Waals surface area contributed by atoms with Gasteiger partial charge in [0.15, 0.2) is 0 Å². The zero-order valence-corrected chi connectivity index (χ0v) is 12.0. The molecule has 1 aliphatic rings. The first-order valence-corrected chi connectivity index (χ1v) is 7.03. The number of amides is 1. The van der Waals surface area contributed by atoms with Crippen molar-refractivity contribution in [1.82, 2.24) is 10.5 Å². The maximum absolute atomic E-state index is 12.5. The first-order chi connectivity index (χ1) is 9.76. The second kappa shape index (κ2) is 7.38. The van der Waals surface area contributed by atoms with Crippen LogP contribution < -0.4 is 5.48 Å². The van der Waals surface area contributed by atoms with E-state index in [4.69, 9.17) is 9.68 Å². The Balaban J connectivity index is 2.03. The van der Waals surface area contributed by atoms with Gasteiger partial charge in [0.1, 0.15) is 0 Å².